The molecule has 0 spiro atoms. The third-order valence-corrected chi connectivity index (χ3v) is 5.61. The molecule has 3 rings (SSSR count). The Morgan fingerprint density at radius 3 is 2.52 bits per heavy atom. The number of hydrogen-bond acceptors (Lipinski definition) is 6. The number of Topliss-reactive ketones (excluding diaryl/α,β-unsaturated/α-hetero) is 1. The van der Waals surface area contributed by atoms with E-state index in [1.54, 1.807) is 42.7 Å². The van der Waals surface area contributed by atoms with Gasteiger partial charge in [0.2, 0.25) is 11.7 Å². The number of allylic oxidation sites excluding steroid dienone is 1. The largest absolute Gasteiger partial charge is 0.461 e. The van der Waals surface area contributed by atoms with Crippen LogP contribution in [0.3, 0.4) is 0 Å². The molecule has 1 aromatic carbocycles. The van der Waals surface area contributed by atoms with Gasteiger partial charge in [-0.1, -0.05) is 38.6 Å². The van der Waals surface area contributed by atoms with Crippen molar-refractivity contribution >= 4 is 29.1 Å². The number of anilines is 1. The molecule has 0 aliphatic heterocycles. The highest BCUT2D eigenvalue weighted by Gasteiger charge is 2.23. The Bertz CT molecular complexity index is 1060. The zero-order chi connectivity index (χ0) is 22.6. The van der Waals surface area contributed by atoms with Gasteiger partial charge < -0.3 is 9.73 Å². The number of nitrogens with one attached hydrogen (secondary N) is 1. The fourth-order valence-corrected chi connectivity index (χ4v) is 3.68. The molecule has 1 atom stereocenters. The van der Waals surface area contributed by atoms with Gasteiger partial charge in [0.1, 0.15) is 0 Å². The molecule has 0 aliphatic carbocycles. The van der Waals surface area contributed by atoms with Crippen molar-refractivity contribution in [2.24, 2.45) is 5.41 Å². The molecular weight excluding hydrogens is 412 g/mol. The smallest absolute Gasteiger partial charge is 0.229 e. The van der Waals surface area contributed by atoms with Crippen LogP contribution in [0.2, 0.25) is 0 Å². The molecule has 0 aliphatic rings. The second-order valence-corrected chi connectivity index (χ2v) is 9.40. The summed E-state index contributed by atoms with van der Waals surface area (Å²) in [5.41, 5.74) is 0.732. The van der Waals surface area contributed by atoms with Gasteiger partial charge >= 0.3 is 0 Å². The molecule has 31 heavy (non-hydrogen) atoms. The quantitative estimate of drug-likeness (QED) is 0.300. The molecule has 1 amide bonds. The molecule has 1 unspecified atom stereocenters. The molecule has 1 N–H and O–H groups in total. The fraction of sp³-hybridized carbons (Fsp3) is 0.304. The summed E-state index contributed by atoms with van der Waals surface area (Å²) in [6.45, 7) is 11.7. The summed E-state index contributed by atoms with van der Waals surface area (Å²) >= 11 is 1.33. The van der Waals surface area contributed by atoms with Crippen LogP contribution < -0.4 is 5.32 Å². The molecule has 0 fully saturated rings. The third-order valence-electron chi connectivity index (χ3n) is 4.53. The second kappa shape index (κ2) is 9.34. The van der Waals surface area contributed by atoms with Gasteiger partial charge in [-0.2, -0.15) is 0 Å². The van der Waals surface area contributed by atoms with Crippen molar-refractivity contribution in [1.29, 1.82) is 0 Å². The number of benzene rings is 1. The van der Waals surface area contributed by atoms with Gasteiger partial charge in [0.25, 0.3) is 0 Å². The normalized spacial score (nSPS) is 12.4. The molecule has 0 radical (unpaired) electrons. The number of nitrogens with zero attached hydrogens (tertiary/aromatic N) is 3. The van der Waals surface area contributed by atoms with E-state index < -0.39 is 5.41 Å². The van der Waals surface area contributed by atoms with Gasteiger partial charge in [-0.15, -0.1) is 16.8 Å². The van der Waals surface area contributed by atoms with Crippen molar-refractivity contribution in [3.8, 4) is 11.6 Å². The van der Waals surface area contributed by atoms with E-state index in [-0.39, 0.29) is 16.9 Å². The van der Waals surface area contributed by atoms with Crippen LogP contribution >= 0.6 is 11.8 Å². The SMILES string of the molecule is C=CCn1c(SC(C)C(=O)c2ccc(NC(=O)C(C)(C)C)cc2)nnc1-c1ccco1. The van der Waals surface area contributed by atoms with Gasteiger partial charge in [0.05, 0.1) is 11.5 Å². The maximum atomic E-state index is 12.9. The number of furan rings is 1. The molecule has 0 saturated heterocycles. The Labute approximate surface area is 185 Å². The van der Waals surface area contributed by atoms with Crippen molar-refractivity contribution in [2.75, 3.05) is 5.32 Å². The predicted molar refractivity (Wildman–Crippen MR) is 122 cm³/mol. The number of aromatic nitrogens is 3. The molecular formula is C23H26N4O3S. The van der Waals surface area contributed by atoms with Crippen LogP contribution in [0.4, 0.5) is 5.69 Å². The molecule has 0 saturated carbocycles. The first kappa shape index (κ1) is 22.6. The van der Waals surface area contributed by atoms with Gasteiger partial charge in [-0.05, 0) is 43.3 Å². The van der Waals surface area contributed by atoms with Crippen molar-refractivity contribution < 1.29 is 14.0 Å². The Morgan fingerprint density at radius 1 is 1.23 bits per heavy atom. The minimum Gasteiger partial charge on any atom is -0.461 e. The molecule has 162 valence electrons. The number of rotatable bonds is 8. The first-order valence-corrected chi connectivity index (χ1v) is 10.8. The Hall–Kier alpha value is -3.13. The summed E-state index contributed by atoms with van der Waals surface area (Å²) < 4.78 is 7.30. The topological polar surface area (TPSA) is 90.0 Å². The number of carbonyl (C=O) groups excluding carboxylic acids is 2. The van der Waals surface area contributed by atoms with Crippen LogP contribution in [0.5, 0.6) is 0 Å². The van der Waals surface area contributed by atoms with Crippen LogP contribution in [0.25, 0.3) is 11.6 Å². The first-order valence-electron chi connectivity index (χ1n) is 9.91. The highest BCUT2D eigenvalue weighted by Crippen LogP contribution is 2.29. The lowest BCUT2D eigenvalue weighted by atomic mass is 9.95. The number of carbonyl (C=O) groups is 2. The second-order valence-electron chi connectivity index (χ2n) is 8.09. The average molecular weight is 439 g/mol. The van der Waals surface area contributed by atoms with E-state index in [9.17, 15) is 9.59 Å². The summed E-state index contributed by atoms with van der Waals surface area (Å²) in [5.74, 6) is 1.08. The number of hydrogen-bond donors (Lipinski definition) is 1. The summed E-state index contributed by atoms with van der Waals surface area (Å²) in [4.78, 5) is 25.1. The van der Waals surface area contributed by atoms with Crippen molar-refractivity contribution in [3.63, 3.8) is 0 Å². The van der Waals surface area contributed by atoms with Crippen molar-refractivity contribution in [1.82, 2.24) is 14.8 Å². The maximum Gasteiger partial charge on any atom is 0.229 e. The van der Waals surface area contributed by atoms with E-state index in [2.05, 4.69) is 22.1 Å². The number of thioether (sulfide) groups is 1. The van der Waals surface area contributed by atoms with Gasteiger partial charge in [0.15, 0.2) is 16.7 Å². The summed E-state index contributed by atoms with van der Waals surface area (Å²) in [5, 5.41) is 11.6. The number of ketones is 1. The lowest BCUT2D eigenvalue weighted by Crippen LogP contribution is -2.27. The Morgan fingerprint density at radius 2 is 1.94 bits per heavy atom. The average Bonchev–Trinajstić information content (AvgIpc) is 3.38. The molecule has 2 aromatic heterocycles. The van der Waals surface area contributed by atoms with E-state index in [1.807, 2.05) is 38.3 Å². The summed E-state index contributed by atoms with van der Waals surface area (Å²) in [7, 11) is 0. The van der Waals surface area contributed by atoms with E-state index >= 15 is 0 Å². The standard InChI is InChI=1S/C23H26N4O3S/c1-6-13-27-20(18-8-7-14-30-18)25-26-22(27)31-15(2)19(28)16-9-11-17(12-10-16)24-21(29)23(3,4)5/h6-12,14-15H,1,13H2,2-5H3,(H,24,29). The van der Waals surface area contributed by atoms with E-state index in [4.69, 9.17) is 4.42 Å². The minimum absolute atomic E-state index is 0.0357. The predicted octanol–water partition coefficient (Wildman–Crippen LogP) is 5.07. The molecule has 2 heterocycles. The lowest BCUT2D eigenvalue weighted by Gasteiger charge is -2.18. The lowest BCUT2D eigenvalue weighted by molar-refractivity contribution is -0.123. The monoisotopic (exact) mass is 438 g/mol. The zero-order valence-corrected chi connectivity index (χ0v) is 18.9. The molecule has 0 bridgehead atoms. The maximum absolute atomic E-state index is 12.9. The van der Waals surface area contributed by atoms with E-state index in [0.717, 1.165) is 0 Å². The van der Waals surface area contributed by atoms with Crippen LogP contribution in [0, 0.1) is 5.41 Å². The van der Waals surface area contributed by atoms with Crippen LogP contribution in [0.1, 0.15) is 38.1 Å². The summed E-state index contributed by atoms with van der Waals surface area (Å²) in [6.07, 6.45) is 3.33. The molecule has 3 aromatic rings. The van der Waals surface area contributed by atoms with Crippen LogP contribution in [0.15, 0.2) is 64.9 Å². The first-order chi connectivity index (χ1) is 14.7. The van der Waals surface area contributed by atoms with Gasteiger partial charge in [-0.25, -0.2) is 0 Å². The highest BCUT2D eigenvalue weighted by atomic mass is 32.2. The molecule has 8 heteroatoms. The third kappa shape index (κ3) is 5.32. The zero-order valence-electron chi connectivity index (χ0n) is 18.1. The number of amides is 1. The van der Waals surface area contributed by atoms with Crippen molar-refractivity contribution in [2.45, 2.75) is 44.6 Å². The Balaban J connectivity index is 1.72. The van der Waals surface area contributed by atoms with Gasteiger partial charge in [-0.3, -0.25) is 14.2 Å². The summed E-state index contributed by atoms with van der Waals surface area (Å²) in [6, 6.07) is 10.5. The van der Waals surface area contributed by atoms with Gasteiger partial charge in [0, 0.05) is 23.2 Å². The Kier molecular flexibility index (Phi) is 6.80. The van der Waals surface area contributed by atoms with E-state index in [0.29, 0.717) is 34.5 Å². The minimum atomic E-state index is -0.491. The van der Waals surface area contributed by atoms with Crippen LogP contribution in [-0.2, 0) is 11.3 Å². The van der Waals surface area contributed by atoms with E-state index in [1.165, 1.54) is 11.8 Å². The molecule has 7 nitrogen and oxygen atoms in total. The fourth-order valence-electron chi connectivity index (χ4n) is 2.74. The highest BCUT2D eigenvalue weighted by molar-refractivity contribution is 8.00. The van der Waals surface area contributed by atoms with Crippen molar-refractivity contribution in [3.05, 3.63) is 60.9 Å². The van der Waals surface area contributed by atoms with Crippen LogP contribution in [-0.4, -0.2) is 31.7 Å².